The molecule has 1 heterocycles. The van der Waals surface area contributed by atoms with Crippen LogP contribution in [0.15, 0.2) is 48.7 Å². The first-order valence-electron chi connectivity index (χ1n) is 6.95. The third-order valence-corrected chi connectivity index (χ3v) is 4.19. The van der Waals surface area contributed by atoms with Crippen molar-refractivity contribution in [2.75, 3.05) is 6.61 Å². The second-order valence-corrected chi connectivity index (χ2v) is 5.92. The minimum atomic E-state index is 0.621. The number of rotatable bonds is 3. The van der Waals surface area contributed by atoms with Gasteiger partial charge in [-0.1, -0.05) is 24.3 Å². The van der Waals surface area contributed by atoms with Gasteiger partial charge in [0.1, 0.15) is 5.75 Å². The normalized spacial score (nSPS) is 10.4. The fraction of sp³-hybridized carbons (Fsp3) is 0.111. The molecule has 1 aromatic heterocycles. The lowest BCUT2D eigenvalue weighted by atomic mass is 10.0. The van der Waals surface area contributed by atoms with Gasteiger partial charge < -0.3 is 4.74 Å². The molecular formula is C18H13IN2O. The highest BCUT2D eigenvalue weighted by Crippen LogP contribution is 2.35. The van der Waals surface area contributed by atoms with Gasteiger partial charge in [0, 0.05) is 17.1 Å². The Bertz CT molecular complexity index is 867. The molecule has 2 aromatic carbocycles. The van der Waals surface area contributed by atoms with E-state index < -0.39 is 0 Å². The molecule has 0 aliphatic carbocycles. The molecule has 0 atom stereocenters. The lowest BCUT2D eigenvalue weighted by molar-refractivity contribution is 0.342. The van der Waals surface area contributed by atoms with Crippen LogP contribution in [-0.2, 0) is 0 Å². The number of ether oxygens (including phenoxy) is 1. The first-order valence-corrected chi connectivity index (χ1v) is 8.03. The average molecular weight is 400 g/mol. The summed E-state index contributed by atoms with van der Waals surface area (Å²) >= 11 is 2.24. The molecule has 0 N–H and O–H groups in total. The monoisotopic (exact) mass is 400 g/mol. The van der Waals surface area contributed by atoms with Crippen LogP contribution in [-0.4, -0.2) is 11.6 Å². The molecule has 3 nitrogen and oxygen atoms in total. The van der Waals surface area contributed by atoms with E-state index in [4.69, 9.17) is 10.00 Å². The summed E-state index contributed by atoms with van der Waals surface area (Å²) in [6.07, 6.45) is 1.83. The van der Waals surface area contributed by atoms with Crippen LogP contribution in [0.1, 0.15) is 12.5 Å². The van der Waals surface area contributed by atoms with E-state index in [1.165, 1.54) is 0 Å². The largest absolute Gasteiger partial charge is 0.492 e. The maximum atomic E-state index is 8.92. The summed E-state index contributed by atoms with van der Waals surface area (Å²) in [7, 11) is 0. The van der Waals surface area contributed by atoms with Crippen molar-refractivity contribution in [1.82, 2.24) is 4.98 Å². The Hall–Kier alpha value is -2.13. The molecule has 0 saturated carbocycles. The van der Waals surface area contributed by atoms with Gasteiger partial charge >= 0.3 is 0 Å². The Morgan fingerprint density at radius 1 is 1.18 bits per heavy atom. The highest BCUT2D eigenvalue weighted by Gasteiger charge is 2.12. The average Bonchev–Trinajstić information content (AvgIpc) is 2.57. The Morgan fingerprint density at radius 3 is 2.64 bits per heavy atom. The number of hydrogen-bond donors (Lipinski definition) is 0. The molecule has 0 radical (unpaired) electrons. The van der Waals surface area contributed by atoms with E-state index in [9.17, 15) is 0 Å². The molecule has 0 fully saturated rings. The predicted molar refractivity (Wildman–Crippen MR) is 95.8 cm³/mol. The quantitative estimate of drug-likeness (QED) is 0.595. The topological polar surface area (TPSA) is 45.9 Å². The molecule has 0 spiro atoms. The van der Waals surface area contributed by atoms with E-state index >= 15 is 0 Å². The van der Waals surface area contributed by atoms with Gasteiger partial charge in [-0.15, -0.1) is 0 Å². The molecule has 0 aliphatic rings. The van der Waals surface area contributed by atoms with Crippen molar-refractivity contribution < 1.29 is 4.74 Å². The predicted octanol–water partition coefficient (Wildman–Crippen LogP) is 4.78. The molecule has 0 aliphatic heterocycles. The van der Waals surface area contributed by atoms with Crippen LogP contribution >= 0.6 is 22.6 Å². The summed E-state index contributed by atoms with van der Waals surface area (Å²) < 4.78 is 6.79. The van der Waals surface area contributed by atoms with E-state index in [1.807, 2.05) is 55.6 Å². The summed E-state index contributed by atoms with van der Waals surface area (Å²) in [6, 6.07) is 15.8. The van der Waals surface area contributed by atoms with Crippen LogP contribution in [0.2, 0.25) is 0 Å². The third kappa shape index (κ3) is 2.64. The van der Waals surface area contributed by atoms with Crippen molar-refractivity contribution in [2.24, 2.45) is 0 Å². The summed E-state index contributed by atoms with van der Waals surface area (Å²) in [5.41, 5.74) is 3.65. The highest BCUT2D eigenvalue weighted by molar-refractivity contribution is 14.1. The molecule has 0 amide bonds. The van der Waals surface area contributed by atoms with Gasteiger partial charge in [0.25, 0.3) is 0 Å². The van der Waals surface area contributed by atoms with Gasteiger partial charge in [0.2, 0.25) is 0 Å². The van der Waals surface area contributed by atoms with Crippen molar-refractivity contribution in [3.63, 3.8) is 0 Å². The number of hydrogen-bond acceptors (Lipinski definition) is 3. The van der Waals surface area contributed by atoms with Crippen LogP contribution in [0, 0.1) is 14.9 Å². The zero-order chi connectivity index (χ0) is 15.5. The van der Waals surface area contributed by atoms with Crippen LogP contribution < -0.4 is 4.74 Å². The number of nitriles is 1. The SMILES string of the molecule is CCOc1c(I)cnc2c(-c3ccc(C#N)cc3)cccc12. The smallest absolute Gasteiger partial charge is 0.143 e. The Kier molecular flexibility index (Phi) is 4.25. The molecule has 108 valence electrons. The van der Waals surface area contributed by atoms with E-state index in [0.29, 0.717) is 12.2 Å². The molecular weight excluding hydrogens is 387 g/mol. The van der Waals surface area contributed by atoms with E-state index in [-0.39, 0.29) is 0 Å². The van der Waals surface area contributed by atoms with Gasteiger partial charge in [-0.2, -0.15) is 5.26 Å². The zero-order valence-corrected chi connectivity index (χ0v) is 14.2. The lowest BCUT2D eigenvalue weighted by Gasteiger charge is -2.12. The number of para-hydroxylation sites is 1. The molecule has 0 bridgehead atoms. The first kappa shape index (κ1) is 14.8. The highest BCUT2D eigenvalue weighted by atomic mass is 127. The molecule has 0 saturated heterocycles. The maximum Gasteiger partial charge on any atom is 0.143 e. The number of aromatic nitrogens is 1. The van der Waals surface area contributed by atoms with Crippen LogP contribution in [0.25, 0.3) is 22.0 Å². The van der Waals surface area contributed by atoms with E-state index in [1.54, 1.807) is 0 Å². The second-order valence-electron chi connectivity index (χ2n) is 4.76. The summed E-state index contributed by atoms with van der Waals surface area (Å²) in [6.45, 7) is 2.60. The minimum Gasteiger partial charge on any atom is -0.492 e. The fourth-order valence-corrected chi connectivity index (χ4v) is 3.01. The van der Waals surface area contributed by atoms with Gasteiger partial charge in [-0.3, -0.25) is 4.98 Å². The van der Waals surface area contributed by atoms with Gasteiger partial charge in [0.05, 0.1) is 27.3 Å². The molecule has 3 rings (SSSR count). The van der Waals surface area contributed by atoms with Gasteiger partial charge in [0.15, 0.2) is 0 Å². The standard InChI is InChI=1S/C18H13IN2O/c1-2-22-18-15-5-3-4-14(17(15)21-11-16(18)19)13-8-6-12(10-20)7-9-13/h3-9,11H,2H2,1H3. The lowest BCUT2D eigenvalue weighted by Crippen LogP contribution is -1.97. The fourth-order valence-electron chi connectivity index (χ4n) is 2.42. The number of pyridine rings is 1. The van der Waals surface area contributed by atoms with Crippen molar-refractivity contribution >= 4 is 33.5 Å². The molecule has 22 heavy (non-hydrogen) atoms. The van der Waals surface area contributed by atoms with Crippen molar-refractivity contribution in [1.29, 1.82) is 5.26 Å². The Balaban J connectivity index is 2.22. The molecule has 3 aromatic rings. The summed E-state index contributed by atoms with van der Waals surface area (Å²) in [5, 5.41) is 9.93. The van der Waals surface area contributed by atoms with Gasteiger partial charge in [-0.25, -0.2) is 0 Å². The summed E-state index contributed by atoms with van der Waals surface area (Å²) in [5.74, 6) is 0.878. The zero-order valence-electron chi connectivity index (χ0n) is 12.0. The number of fused-ring (bicyclic) bond motifs is 1. The minimum absolute atomic E-state index is 0.621. The van der Waals surface area contributed by atoms with Crippen molar-refractivity contribution in [3.05, 3.63) is 57.8 Å². The number of benzene rings is 2. The maximum absolute atomic E-state index is 8.92. The van der Waals surface area contributed by atoms with Crippen LogP contribution in [0.5, 0.6) is 5.75 Å². The second kappa shape index (κ2) is 6.32. The van der Waals surface area contributed by atoms with Crippen LogP contribution in [0.4, 0.5) is 0 Å². The number of halogens is 1. The molecule has 0 unspecified atom stereocenters. The van der Waals surface area contributed by atoms with E-state index in [2.05, 4.69) is 33.6 Å². The molecule has 4 heteroatoms. The van der Waals surface area contributed by atoms with E-state index in [0.717, 1.165) is 31.3 Å². The Labute approximate surface area is 142 Å². The number of nitrogens with zero attached hydrogens (tertiary/aromatic N) is 2. The van der Waals surface area contributed by atoms with Crippen molar-refractivity contribution in [2.45, 2.75) is 6.92 Å². The Morgan fingerprint density at radius 2 is 1.95 bits per heavy atom. The third-order valence-electron chi connectivity index (χ3n) is 3.42. The first-order chi connectivity index (χ1) is 10.7. The van der Waals surface area contributed by atoms with Crippen molar-refractivity contribution in [3.8, 4) is 22.9 Å². The summed E-state index contributed by atoms with van der Waals surface area (Å²) in [4.78, 5) is 4.59. The van der Waals surface area contributed by atoms with Crippen LogP contribution in [0.3, 0.4) is 0 Å². The van der Waals surface area contributed by atoms with Gasteiger partial charge in [-0.05, 0) is 53.3 Å².